The number of ether oxygens (including phenoxy) is 1. The molecule has 0 unspecified atom stereocenters. The third-order valence-corrected chi connectivity index (χ3v) is 3.70. The molecule has 5 nitrogen and oxygen atoms in total. The maximum atomic E-state index is 12.4. The molecule has 0 spiro atoms. The maximum Gasteiger partial charge on any atom is 0.422 e. The largest absolute Gasteiger partial charge is 0.484 e. The van der Waals surface area contributed by atoms with E-state index in [1.54, 1.807) is 24.4 Å². The van der Waals surface area contributed by atoms with E-state index < -0.39 is 12.8 Å². The summed E-state index contributed by atoms with van der Waals surface area (Å²) in [5, 5.41) is 10.1. The molecule has 2 aromatic heterocycles. The van der Waals surface area contributed by atoms with Crippen LogP contribution < -0.4 is 10.1 Å². The second-order valence-corrected chi connectivity index (χ2v) is 5.80. The Labute approximate surface area is 148 Å². The number of para-hydroxylation sites is 1. The number of halogens is 3. The Hall–Kier alpha value is -2.74. The molecule has 0 fully saturated rings. The van der Waals surface area contributed by atoms with Crippen LogP contribution in [0.4, 0.5) is 13.2 Å². The predicted molar refractivity (Wildman–Crippen MR) is 89.6 cm³/mol. The number of furan rings is 1. The minimum absolute atomic E-state index is 0.214. The number of aromatic nitrogens is 2. The van der Waals surface area contributed by atoms with Crippen molar-refractivity contribution in [2.75, 3.05) is 6.61 Å². The van der Waals surface area contributed by atoms with Gasteiger partial charge >= 0.3 is 6.18 Å². The second kappa shape index (κ2) is 7.65. The van der Waals surface area contributed by atoms with E-state index in [-0.39, 0.29) is 5.75 Å². The Balaban J connectivity index is 1.62. The van der Waals surface area contributed by atoms with Gasteiger partial charge in [0.2, 0.25) is 0 Å². The molecule has 0 saturated heterocycles. The third kappa shape index (κ3) is 4.66. The first-order chi connectivity index (χ1) is 12.4. The first kappa shape index (κ1) is 18.1. The van der Waals surface area contributed by atoms with Crippen molar-refractivity contribution < 1.29 is 22.3 Å². The highest BCUT2D eigenvalue weighted by Gasteiger charge is 2.28. The van der Waals surface area contributed by atoms with Gasteiger partial charge in [-0.2, -0.15) is 18.3 Å². The highest BCUT2D eigenvalue weighted by Crippen LogP contribution is 2.24. The molecule has 0 aliphatic carbocycles. The van der Waals surface area contributed by atoms with E-state index in [0.717, 1.165) is 17.0 Å². The molecule has 2 heterocycles. The Morgan fingerprint density at radius 2 is 1.88 bits per heavy atom. The molecular formula is C18H18F3N3O2. The van der Waals surface area contributed by atoms with Crippen molar-refractivity contribution in [3.05, 3.63) is 59.5 Å². The zero-order valence-electron chi connectivity index (χ0n) is 14.1. The lowest BCUT2D eigenvalue weighted by Crippen LogP contribution is -2.20. The van der Waals surface area contributed by atoms with Gasteiger partial charge in [-0.25, -0.2) is 0 Å². The van der Waals surface area contributed by atoms with Crippen LogP contribution in [0.5, 0.6) is 5.75 Å². The van der Waals surface area contributed by atoms with Crippen molar-refractivity contribution >= 4 is 0 Å². The van der Waals surface area contributed by atoms with Crippen molar-refractivity contribution in [3.8, 4) is 17.2 Å². The number of H-pyrrole nitrogens is 1. The van der Waals surface area contributed by atoms with Crippen LogP contribution in [0.15, 0.2) is 47.0 Å². The summed E-state index contributed by atoms with van der Waals surface area (Å²) < 4.78 is 47.6. The standard InChI is InChI=1S/C18H18F3N3O2/c1-12-6-7-16(26-12)17-14(10-23-24-17)9-22-8-13-4-2-3-5-15(13)25-11-18(19,20)21/h2-7,10,22H,8-9,11H2,1H3,(H,23,24). The Bertz CT molecular complexity index is 855. The SMILES string of the molecule is Cc1ccc(-c2[nH]ncc2CNCc2ccccc2OCC(F)(F)F)o1. The molecule has 0 atom stereocenters. The van der Waals surface area contributed by atoms with Crippen LogP contribution in [-0.4, -0.2) is 23.0 Å². The fourth-order valence-electron chi connectivity index (χ4n) is 2.51. The molecule has 3 rings (SSSR count). The van der Waals surface area contributed by atoms with Crippen LogP contribution in [0.25, 0.3) is 11.5 Å². The van der Waals surface area contributed by atoms with E-state index in [1.807, 2.05) is 19.1 Å². The monoisotopic (exact) mass is 365 g/mol. The van der Waals surface area contributed by atoms with Crippen LogP contribution in [-0.2, 0) is 13.1 Å². The lowest BCUT2D eigenvalue weighted by Gasteiger charge is -2.13. The van der Waals surface area contributed by atoms with Crippen molar-refractivity contribution in [1.29, 1.82) is 0 Å². The summed E-state index contributed by atoms with van der Waals surface area (Å²) in [6, 6.07) is 10.4. The molecule has 0 aliphatic rings. The quantitative estimate of drug-likeness (QED) is 0.658. The van der Waals surface area contributed by atoms with E-state index in [2.05, 4.69) is 15.5 Å². The summed E-state index contributed by atoms with van der Waals surface area (Å²) in [5.41, 5.74) is 2.32. The van der Waals surface area contributed by atoms with Crippen LogP contribution in [0, 0.1) is 6.92 Å². The molecule has 0 radical (unpaired) electrons. The Kier molecular flexibility index (Phi) is 5.32. The molecule has 0 bridgehead atoms. The summed E-state index contributed by atoms with van der Waals surface area (Å²) in [5.74, 6) is 1.70. The van der Waals surface area contributed by atoms with Gasteiger partial charge in [0.05, 0.1) is 6.20 Å². The highest BCUT2D eigenvalue weighted by molar-refractivity contribution is 5.56. The summed E-state index contributed by atoms with van der Waals surface area (Å²) in [7, 11) is 0. The minimum Gasteiger partial charge on any atom is -0.484 e. The van der Waals surface area contributed by atoms with Crippen molar-refractivity contribution in [2.45, 2.75) is 26.2 Å². The highest BCUT2D eigenvalue weighted by atomic mass is 19.4. The van der Waals surface area contributed by atoms with E-state index in [1.165, 1.54) is 6.07 Å². The summed E-state index contributed by atoms with van der Waals surface area (Å²) in [6.07, 6.45) is -2.68. The van der Waals surface area contributed by atoms with Gasteiger partial charge < -0.3 is 14.5 Å². The average molecular weight is 365 g/mol. The fourth-order valence-corrected chi connectivity index (χ4v) is 2.51. The number of alkyl halides is 3. The number of aryl methyl sites for hydroxylation is 1. The van der Waals surface area contributed by atoms with Gasteiger partial charge in [0.1, 0.15) is 17.2 Å². The normalized spacial score (nSPS) is 11.7. The smallest absolute Gasteiger partial charge is 0.422 e. The Morgan fingerprint density at radius 3 is 2.62 bits per heavy atom. The van der Waals surface area contributed by atoms with Crippen LogP contribution in [0.1, 0.15) is 16.9 Å². The van der Waals surface area contributed by atoms with Gasteiger partial charge in [-0.1, -0.05) is 18.2 Å². The fraction of sp³-hybridized carbons (Fsp3) is 0.278. The minimum atomic E-state index is -4.37. The summed E-state index contributed by atoms with van der Waals surface area (Å²) in [4.78, 5) is 0. The van der Waals surface area contributed by atoms with E-state index in [4.69, 9.17) is 9.15 Å². The molecular weight excluding hydrogens is 347 g/mol. The van der Waals surface area contributed by atoms with Gasteiger partial charge in [-0.3, -0.25) is 5.10 Å². The molecule has 0 amide bonds. The molecule has 8 heteroatoms. The summed E-state index contributed by atoms with van der Waals surface area (Å²) in [6.45, 7) is 1.37. The average Bonchev–Trinajstić information content (AvgIpc) is 3.22. The molecule has 26 heavy (non-hydrogen) atoms. The number of nitrogens with zero attached hydrogens (tertiary/aromatic N) is 1. The lowest BCUT2D eigenvalue weighted by atomic mass is 10.2. The zero-order valence-corrected chi connectivity index (χ0v) is 14.1. The summed E-state index contributed by atoms with van der Waals surface area (Å²) >= 11 is 0. The first-order valence-electron chi connectivity index (χ1n) is 7.99. The van der Waals surface area contributed by atoms with Crippen molar-refractivity contribution in [3.63, 3.8) is 0 Å². The molecule has 0 saturated carbocycles. The maximum absolute atomic E-state index is 12.4. The predicted octanol–water partition coefficient (Wildman–Crippen LogP) is 4.21. The number of hydrogen-bond donors (Lipinski definition) is 2. The molecule has 1 aromatic carbocycles. The molecule has 2 N–H and O–H groups in total. The van der Waals surface area contributed by atoms with Gasteiger partial charge in [0.25, 0.3) is 0 Å². The number of aromatic amines is 1. The third-order valence-electron chi connectivity index (χ3n) is 3.70. The number of nitrogens with one attached hydrogen (secondary N) is 2. The van der Waals surface area contributed by atoms with Crippen LogP contribution in [0.3, 0.4) is 0 Å². The van der Waals surface area contributed by atoms with Gasteiger partial charge in [-0.15, -0.1) is 0 Å². The van der Waals surface area contributed by atoms with E-state index in [9.17, 15) is 13.2 Å². The number of benzene rings is 1. The number of rotatable bonds is 7. The lowest BCUT2D eigenvalue weighted by molar-refractivity contribution is -0.153. The van der Waals surface area contributed by atoms with Crippen molar-refractivity contribution in [1.82, 2.24) is 15.5 Å². The molecule has 138 valence electrons. The van der Waals surface area contributed by atoms with Gasteiger partial charge in [-0.05, 0) is 25.1 Å². The topological polar surface area (TPSA) is 63.1 Å². The van der Waals surface area contributed by atoms with E-state index >= 15 is 0 Å². The molecule has 0 aliphatic heterocycles. The van der Waals surface area contributed by atoms with Crippen LogP contribution >= 0.6 is 0 Å². The number of hydrogen-bond acceptors (Lipinski definition) is 4. The Morgan fingerprint density at radius 1 is 1.12 bits per heavy atom. The second-order valence-electron chi connectivity index (χ2n) is 5.80. The van der Waals surface area contributed by atoms with Gasteiger partial charge in [0, 0.05) is 24.2 Å². The van der Waals surface area contributed by atoms with Gasteiger partial charge in [0.15, 0.2) is 12.4 Å². The van der Waals surface area contributed by atoms with E-state index in [0.29, 0.717) is 24.4 Å². The molecule has 3 aromatic rings. The van der Waals surface area contributed by atoms with Crippen LogP contribution in [0.2, 0.25) is 0 Å². The van der Waals surface area contributed by atoms with Crippen molar-refractivity contribution in [2.24, 2.45) is 0 Å². The zero-order chi connectivity index (χ0) is 18.6. The first-order valence-corrected chi connectivity index (χ1v) is 7.99.